The van der Waals surface area contributed by atoms with Crippen LogP contribution in [-0.2, 0) is 0 Å². The quantitative estimate of drug-likeness (QED) is 0.484. The highest BCUT2D eigenvalue weighted by molar-refractivity contribution is 9.10. The van der Waals surface area contributed by atoms with E-state index in [2.05, 4.69) is 15.9 Å². The van der Waals surface area contributed by atoms with Crippen LogP contribution in [0.3, 0.4) is 0 Å². The third-order valence-corrected chi connectivity index (χ3v) is 3.08. The first-order valence-electron chi connectivity index (χ1n) is 6.11. The lowest BCUT2D eigenvalue weighted by Crippen LogP contribution is -2.15. The zero-order valence-corrected chi connectivity index (χ0v) is 12.4. The Balaban J connectivity index is 1.91. The summed E-state index contributed by atoms with van der Waals surface area (Å²) >= 11 is 3.37. The summed E-state index contributed by atoms with van der Waals surface area (Å²) in [6.07, 6.45) is 0. The van der Waals surface area contributed by atoms with Gasteiger partial charge in [0.05, 0.1) is 5.56 Å². The summed E-state index contributed by atoms with van der Waals surface area (Å²) in [6, 6.07) is 14.9. The summed E-state index contributed by atoms with van der Waals surface area (Å²) in [6.45, 7) is 0.805. The van der Waals surface area contributed by atoms with Crippen LogP contribution in [0.2, 0.25) is 0 Å². The fourth-order valence-electron chi connectivity index (χ4n) is 1.67. The fraction of sp³-hybridized carbons (Fsp3) is 0.133. The van der Waals surface area contributed by atoms with Gasteiger partial charge < -0.3 is 15.2 Å². The Morgan fingerprint density at radius 2 is 1.75 bits per heavy atom. The summed E-state index contributed by atoms with van der Waals surface area (Å²) < 4.78 is 12.0. The third kappa shape index (κ3) is 3.99. The molecule has 4 nitrogen and oxygen atoms in total. The molecule has 2 rings (SSSR count). The second kappa shape index (κ2) is 6.96. The van der Waals surface area contributed by atoms with Crippen molar-refractivity contribution < 1.29 is 9.47 Å². The van der Waals surface area contributed by atoms with Crippen molar-refractivity contribution in [3.8, 4) is 11.5 Å². The Kier molecular flexibility index (Phi) is 5.01. The first kappa shape index (κ1) is 14.4. The number of hydrogen-bond donors (Lipinski definition) is 2. The van der Waals surface area contributed by atoms with E-state index in [9.17, 15) is 0 Å². The van der Waals surface area contributed by atoms with E-state index >= 15 is 0 Å². The number of nitrogen functional groups attached to an aromatic ring is 1. The second-order valence-electron chi connectivity index (χ2n) is 4.06. The van der Waals surface area contributed by atoms with Crippen LogP contribution >= 0.6 is 15.9 Å². The molecule has 2 aromatic rings. The number of benzene rings is 2. The van der Waals surface area contributed by atoms with Crippen molar-refractivity contribution in [3.05, 3.63) is 58.6 Å². The smallest absolute Gasteiger partial charge is 0.131 e. The molecule has 0 radical (unpaired) electrons. The van der Waals surface area contributed by atoms with Gasteiger partial charge in [0.1, 0.15) is 30.5 Å². The Labute approximate surface area is 126 Å². The van der Waals surface area contributed by atoms with Gasteiger partial charge in [-0.2, -0.15) is 0 Å². The van der Waals surface area contributed by atoms with Crippen molar-refractivity contribution in [2.24, 2.45) is 5.73 Å². The first-order chi connectivity index (χ1) is 9.66. The van der Waals surface area contributed by atoms with E-state index in [1.807, 2.05) is 36.4 Å². The Morgan fingerprint density at radius 1 is 1.05 bits per heavy atom. The SMILES string of the molecule is N=C(N)c1ccc(Br)cc1OCCOc1ccccc1. The van der Waals surface area contributed by atoms with Gasteiger partial charge >= 0.3 is 0 Å². The topological polar surface area (TPSA) is 68.3 Å². The van der Waals surface area contributed by atoms with Gasteiger partial charge in [0, 0.05) is 4.47 Å². The summed E-state index contributed by atoms with van der Waals surface area (Å²) in [7, 11) is 0. The number of rotatable bonds is 6. The molecule has 0 spiro atoms. The van der Waals surface area contributed by atoms with Gasteiger partial charge in [-0.05, 0) is 30.3 Å². The van der Waals surface area contributed by atoms with Crippen LogP contribution < -0.4 is 15.2 Å². The summed E-state index contributed by atoms with van der Waals surface area (Å²) in [5, 5.41) is 7.51. The molecule has 5 heteroatoms. The summed E-state index contributed by atoms with van der Waals surface area (Å²) in [5.74, 6) is 1.36. The average Bonchev–Trinajstić information content (AvgIpc) is 2.44. The van der Waals surface area contributed by atoms with Crippen molar-refractivity contribution >= 4 is 21.8 Å². The predicted octanol–water partition coefficient (Wildman–Crippen LogP) is 3.19. The molecule has 0 aromatic heterocycles. The van der Waals surface area contributed by atoms with E-state index in [1.165, 1.54) is 0 Å². The number of nitrogens with two attached hydrogens (primary N) is 1. The minimum atomic E-state index is -0.0172. The van der Waals surface area contributed by atoms with Crippen molar-refractivity contribution in [2.75, 3.05) is 13.2 Å². The maximum absolute atomic E-state index is 7.51. The summed E-state index contributed by atoms with van der Waals surface area (Å²) in [4.78, 5) is 0. The molecular weight excluding hydrogens is 320 g/mol. The zero-order valence-electron chi connectivity index (χ0n) is 10.8. The maximum atomic E-state index is 7.51. The minimum Gasteiger partial charge on any atom is -0.490 e. The minimum absolute atomic E-state index is 0.0172. The highest BCUT2D eigenvalue weighted by Crippen LogP contribution is 2.23. The van der Waals surface area contributed by atoms with Crippen molar-refractivity contribution in [2.45, 2.75) is 0 Å². The van der Waals surface area contributed by atoms with Crippen LogP contribution in [-0.4, -0.2) is 19.0 Å². The molecule has 3 N–H and O–H groups in total. The van der Waals surface area contributed by atoms with Crippen molar-refractivity contribution in [1.82, 2.24) is 0 Å². The third-order valence-electron chi connectivity index (χ3n) is 2.59. The van der Waals surface area contributed by atoms with Crippen LogP contribution in [0.25, 0.3) is 0 Å². The molecule has 0 heterocycles. The van der Waals surface area contributed by atoms with Crippen LogP contribution in [0.4, 0.5) is 0 Å². The summed E-state index contributed by atoms with van der Waals surface area (Å²) in [5.41, 5.74) is 6.09. The molecule has 0 aliphatic heterocycles. The maximum Gasteiger partial charge on any atom is 0.131 e. The number of hydrogen-bond acceptors (Lipinski definition) is 3. The van der Waals surface area contributed by atoms with E-state index in [0.29, 0.717) is 24.5 Å². The number of halogens is 1. The Hall–Kier alpha value is -2.01. The molecule has 0 aliphatic carbocycles. The molecule has 0 amide bonds. The first-order valence-corrected chi connectivity index (χ1v) is 6.90. The molecule has 0 bridgehead atoms. The molecule has 2 aromatic carbocycles. The van der Waals surface area contributed by atoms with Crippen LogP contribution in [0.1, 0.15) is 5.56 Å². The largest absolute Gasteiger partial charge is 0.490 e. The average molecular weight is 335 g/mol. The number of ether oxygens (including phenoxy) is 2. The molecule has 20 heavy (non-hydrogen) atoms. The Bertz CT molecular complexity index is 588. The van der Waals surface area contributed by atoms with Gasteiger partial charge in [0.15, 0.2) is 0 Å². The van der Waals surface area contributed by atoms with Gasteiger partial charge in [-0.3, -0.25) is 5.41 Å². The van der Waals surface area contributed by atoms with E-state index in [-0.39, 0.29) is 5.84 Å². The molecule has 0 aliphatic rings. The highest BCUT2D eigenvalue weighted by atomic mass is 79.9. The van der Waals surface area contributed by atoms with Crippen molar-refractivity contribution in [1.29, 1.82) is 5.41 Å². The van der Waals surface area contributed by atoms with Crippen molar-refractivity contribution in [3.63, 3.8) is 0 Å². The Morgan fingerprint density at radius 3 is 2.45 bits per heavy atom. The fourth-order valence-corrected chi connectivity index (χ4v) is 2.01. The molecule has 0 fully saturated rings. The lowest BCUT2D eigenvalue weighted by atomic mass is 10.2. The lowest BCUT2D eigenvalue weighted by Gasteiger charge is -2.12. The van der Waals surface area contributed by atoms with E-state index < -0.39 is 0 Å². The number of nitrogens with one attached hydrogen (secondary N) is 1. The number of amidine groups is 1. The molecule has 0 unspecified atom stereocenters. The lowest BCUT2D eigenvalue weighted by molar-refractivity contribution is 0.217. The molecule has 0 saturated carbocycles. The predicted molar refractivity (Wildman–Crippen MR) is 82.6 cm³/mol. The van der Waals surface area contributed by atoms with E-state index in [0.717, 1.165) is 10.2 Å². The normalized spacial score (nSPS) is 10.1. The number of para-hydroxylation sites is 1. The van der Waals surface area contributed by atoms with Crippen LogP contribution in [0, 0.1) is 5.41 Å². The van der Waals surface area contributed by atoms with E-state index in [4.69, 9.17) is 20.6 Å². The zero-order chi connectivity index (χ0) is 14.4. The molecule has 0 saturated heterocycles. The molecule has 104 valence electrons. The van der Waals surface area contributed by atoms with Gasteiger partial charge in [0.25, 0.3) is 0 Å². The van der Waals surface area contributed by atoms with Crippen LogP contribution in [0.5, 0.6) is 11.5 Å². The van der Waals surface area contributed by atoms with Gasteiger partial charge in [0.2, 0.25) is 0 Å². The molecular formula is C15H15BrN2O2. The van der Waals surface area contributed by atoms with Gasteiger partial charge in [-0.25, -0.2) is 0 Å². The van der Waals surface area contributed by atoms with E-state index in [1.54, 1.807) is 12.1 Å². The monoisotopic (exact) mass is 334 g/mol. The van der Waals surface area contributed by atoms with Gasteiger partial charge in [-0.1, -0.05) is 34.1 Å². The van der Waals surface area contributed by atoms with Crippen LogP contribution in [0.15, 0.2) is 53.0 Å². The van der Waals surface area contributed by atoms with Gasteiger partial charge in [-0.15, -0.1) is 0 Å². The molecule has 0 atom stereocenters. The standard InChI is InChI=1S/C15H15BrN2O2/c16-11-6-7-13(15(17)18)14(10-11)20-9-8-19-12-4-2-1-3-5-12/h1-7,10H,8-9H2,(H3,17,18). The second-order valence-corrected chi connectivity index (χ2v) is 4.98. The highest BCUT2D eigenvalue weighted by Gasteiger charge is 2.07.